The summed E-state index contributed by atoms with van der Waals surface area (Å²) < 4.78 is 0. The molecule has 0 aliphatic carbocycles. The number of carbonyl (C=O) groups is 2. The van der Waals surface area contributed by atoms with Crippen LogP contribution in [0.2, 0.25) is 0 Å². The number of carboxylic acid groups (broad SMARTS) is 2. The smallest absolute Gasteiger partial charge is 0.543 e. The molecule has 4 rings (SSSR count). The Morgan fingerprint density at radius 1 is 0.543 bits per heavy atom. The van der Waals surface area contributed by atoms with Crippen molar-refractivity contribution in [2.75, 3.05) is 0 Å². The van der Waals surface area contributed by atoms with Gasteiger partial charge in [-0.1, -0.05) is 0 Å². The maximum Gasteiger partial charge on any atom is 2.00 e. The zero-order chi connectivity index (χ0) is 21.3. The topological polar surface area (TPSA) is 261 Å². The molecule has 0 radical (unpaired) electrons. The SMILES string of the molecule is O.O.O=C([O-])c1cc(-c2ccncc2)ccn1.O=C([O-])c1cc(-c2ccncc2)ccn1.[OH3+].[OH3+].[Zn+2]. The second-order valence-electron chi connectivity index (χ2n) is 5.91. The predicted molar refractivity (Wildman–Crippen MR) is 121 cm³/mol. The third-order valence-electron chi connectivity index (χ3n) is 3.97. The van der Waals surface area contributed by atoms with E-state index in [1.165, 1.54) is 24.5 Å². The fourth-order valence-corrected chi connectivity index (χ4v) is 2.53. The quantitative estimate of drug-likeness (QED) is 0.198. The van der Waals surface area contributed by atoms with E-state index in [4.69, 9.17) is 0 Å². The molecule has 180 valence electrons. The van der Waals surface area contributed by atoms with Gasteiger partial charge in [0.25, 0.3) is 0 Å². The molecule has 4 heterocycles. The van der Waals surface area contributed by atoms with Crippen molar-refractivity contribution in [1.82, 2.24) is 19.9 Å². The second-order valence-corrected chi connectivity index (χ2v) is 5.91. The Bertz CT molecular complexity index is 1080. The molecule has 4 aromatic rings. The number of hydrogen-bond acceptors (Lipinski definition) is 8. The van der Waals surface area contributed by atoms with Gasteiger partial charge in [0.05, 0.1) is 23.3 Å². The molecule has 0 spiro atoms. The fraction of sp³-hybridized carbons (Fsp3) is 0. The molecule has 13 heteroatoms. The molecule has 0 aliphatic rings. The minimum Gasteiger partial charge on any atom is -0.543 e. The van der Waals surface area contributed by atoms with Crippen LogP contribution in [0, 0.1) is 0 Å². The van der Waals surface area contributed by atoms with Crippen molar-refractivity contribution in [3.63, 3.8) is 0 Å². The van der Waals surface area contributed by atoms with Gasteiger partial charge in [0.2, 0.25) is 0 Å². The zero-order valence-corrected chi connectivity index (χ0v) is 21.3. The van der Waals surface area contributed by atoms with Crippen molar-refractivity contribution >= 4 is 11.9 Å². The molecule has 0 bridgehead atoms. The predicted octanol–water partition coefficient (Wildman–Crippen LogP) is -2.48. The van der Waals surface area contributed by atoms with E-state index in [2.05, 4.69) is 19.9 Å². The molecule has 0 atom stereocenters. The van der Waals surface area contributed by atoms with Gasteiger partial charge in [0.15, 0.2) is 0 Å². The minimum atomic E-state index is -1.27. The van der Waals surface area contributed by atoms with Crippen molar-refractivity contribution < 1.29 is 61.2 Å². The summed E-state index contributed by atoms with van der Waals surface area (Å²) in [5.74, 6) is -2.54. The summed E-state index contributed by atoms with van der Waals surface area (Å²) in [4.78, 5) is 36.3. The number of hydrogen-bond donors (Lipinski definition) is 0. The molecule has 0 saturated carbocycles. The number of carbonyl (C=O) groups excluding carboxylic acids is 2. The van der Waals surface area contributed by atoms with Gasteiger partial charge in [0, 0.05) is 37.2 Å². The van der Waals surface area contributed by atoms with Crippen LogP contribution < -0.4 is 10.2 Å². The molecular weight excluding hydrogens is 514 g/mol. The average Bonchev–Trinajstić information content (AvgIpc) is 2.81. The van der Waals surface area contributed by atoms with Crippen molar-refractivity contribution in [2.24, 2.45) is 0 Å². The number of nitrogens with zero attached hydrogens (tertiary/aromatic N) is 4. The maximum absolute atomic E-state index is 10.6. The first-order chi connectivity index (χ1) is 14.5. The van der Waals surface area contributed by atoms with Crippen LogP contribution in [0.5, 0.6) is 0 Å². The monoisotopic (exact) mass is 536 g/mol. The maximum atomic E-state index is 10.6. The Morgan fingerprint density at radius 3 is 1.11 bits per heavy atom. The largest absolute Gasteiger partial charge is 2.00 e. The molecule has 4 aromatic heterocycles. The normalized spacial score (nSPS) is 8.46. The van der Waals surface area contributed by atoms with E-state index in [9.17, 15) is 19.8 Å². The van der Waals surface area contributed by atoms with Gasteiger partial charge in [-0.15, -0.1) is 0 Å². The number of aromatic carboxylic acids is 2. The van der Waals surface area contributed by atoms with E-state index in [0.717, 1.165) is 22.3 Å². The van der Waals surface area contributed by atoms with Gasteiger partial charge < -0.3 is 41.7 Å². The van der Waals surface area contributed by atoms with E-state index in [-0.39, 0.29) is 52.8 Å². The number of rotatable bonds is 4. The Hall–Kier alpha value is -4.00. The van der Waals surface area contributed by atoms with Gasteiger partial charge in [-0.25, -0.2) is 0 Å². The first-order valence-corrected chi connectivity index (χ1v) is 8.70. The molecule has 0 fully saturated rings. The summed E-state index contributed by atoms with van der Waals surface area (Å²) in [5, 5.41) is 21.2. The first-order valence-electron chi connectivity index (χ1n) is 8.70. The van der Waals surface area contributed by atoms with Crippen LogP contribution in [0.1, 0.15) is 21.0 Å². The third-order valence-corrected chi connectivity index (χ3v) is 3.97. The van der Waals surface area contributed by atoms with E-state index < -0.39 is 11.9 Å². The number of carboxylic acids is 2. The van der Waals surface area contributed by atoms with E-state index in [1.54, 1.807) is 61.2 Å². The Labute approximate surface area is 212 Å². The number of aromatic nitrogens is 4. The van der Waals surface area contributed by atoms with Gasteiger partial charge in [0.1, 0.15) is 0 Å². The Kier molecular flexibility index (Phi) is 17.8. The molecule has 12 nitrogen and oxygen atoms in total. The molecule has 35 heavy (non-hydrogen) atoms. The summed E-state index contributed by atoms with van der Waals surface area (Å²) >= 11 is 0. The van der Waals surface area contributed by atoms with Crippen LogP contribution in [0.3, 0.4) is 0 Å². The van der Waals surface area contributed by atoms with Crippen LogP contribution in [-0.2, 0) is 30.4 Å². The Balaban J connectivity index is -0.000000512. The standard InChI is InChI=1S/2C11H8N2O2.4H2O.Zn/c2*14-11(15)10-7-9(3-6-13-10)8-1-4-12-5-2-8;;;;;/h2*1-7H,(H,14,15);4*1H2;/q;;;;;;+2. The second kappa shape index (κ2) is 17.5. The molecule has 10 N–H and O–H groups in total. The van der Waals surface area contributed by atoms with Crippen molar-refractivity contribution in [3.05, 3.63) is 97.1 Å². The molecule has 0 aliphatic heterocycles. The summed E-state index contributed by atoms with van der Waals surface area (Å²) in [6.07, 6.45) is 9.48. The van der Waals surface area contributed by atoms with E-state index >= 15 is 0 Å². The number of pyridine rings is 4. The van der Waals surface area contributed by atoms with Crippen LogP contribution >= 0.6 is 0 Å². The van der Waals surface area contributed by atoms with E-state index in [1.807, 2.05) is 0 Å². The molecule has 0 saturated heterocycles. The summed E-state index contributed by atoms with van der Waals surface area (Å²) in [5.41, 5.74) is 3.23. The van der Waals surface area contributed by atoms with E-state index in [0.29, 0.717) is 0 Å². The van der Waals surface area contributed by atoms with Gasteiger partial charge in [-0.05, 0) is 70.8 Å². The van der Waals surface area contributed by atoms with Crippen LogP contribution in [0.15, 0.2) is 85.7 Å². The van der Waals surface area contributed by atoms with Crippen molar-refractivity contribution in [1.29, 1.82) is 0 Å². The molecule has 0 aromatic carbocycles. The molecular formula is C22H24N4O8Zn+2. The first kappa shape index (κ1) is 35.6. The minimum absolute atomic E-state index is 0. The van der Waals surface area contributed by atoms with Gasteiger partial charge in [-0.2, -0.15) is 0 Å². The Morgan fingerprint density at radius 2 is 0.829 bits per heavy atom. The molecule has 0 amide bonds. The zero-order valence-electron chi connectivity index (χ0n) is 18.4. The van der Waals surface area contributed by atoms with Crippen LogP contribution in [0.4, 0.5) is 0 Å². The van der Waals surface area contributed by atoms with Crippen molar-refractivity contribution in [2.45, 2.75) is 0 Å². The summed E-state index contributed by atoms with van der Waals surface area (Å²) in [7, 11) is 0. The molecule has 0 unspecified atom stereocenters. The third kappa shape index (κ3) is 10.2. The average molecular weight is 538 g/mol. The van der Waals surface area contributed by atoms with Crippen molar-refractivity contribution in [3.8, 4) is 22.3 Å². The van der Waals surface area contributed by atoms with Gasteiger partial charge in [-0.3, -0.25) is 19.9 Å². The van der Waals surface area contributed by atoms with Crippen LogP contribution in [0.25, 0.3) is 22.3 Å². The van der Waals surface area contributed by atoms with Crippen LogP contribution in [-0.4, -0.2) is 42.8 Å². The van der Waals surface area contributed by atoms with Gasteiger partial charge >= 0.3 is 19.5 Å². The fourth-order valence-electron chi connectivity index (χ4n) is 2.53. The summed E-state index contributed by atoms with van der Waals surface area (Å²) in [6.45, 7) is 0. The summed E-state index contributed by atoms with van der Waals surface area (Å²) in [6, 6.07) is 13.6.